The van der Waals surface area contributed by atoms with Crippen molar-refractivity contribution in [2.24, 2.45) is 17.8 Å². The van der Waals surface area contributed by atoms with Crippen LogP contribution in [0.15, 0.2) is 0 Å². The van der Waals surface area contributed by atoms with E-state index in [0.29, 0.717) is 17.9 Å². The first kappa shape index (κ1) is 10.5. The predicted octanol–water partition coefficient (Wildman–Crippen LogP) is 1.34. The fourth-order valence-corrected chi connectivity index (χ4v) is 2.12. The van der Waals surface area contributed by atoms with E-state index in [1.807, 2.05) is 6.92 Å². The van der Waals surface area contributed by atoms with Crippen molar-refractivity contribution in [2.75, 3.05) is 0 Å². The summed E-state index contributed by atoms with van der Waals surface area (Å²) in [7, 11) is 0. The maximum atomic E-state index is 10.9. The number of carbonyl (C=O) groups is 1. The summed E-state index contributed by atoms with van der Waals surface area (Å²) in [4.78, 5) is 10.9. The molecule has 3 nitrogen and oxygen atoms in total. The van der Waals surface area contributed by atoms with Crippen molar-refractivity contribution >= 4 is 5.97 Å². The lowest BCUT2D eigenvalue weighted by molar-refractivity contribution is -0.143. The van der Waals surface area contributed by atoms with Gasteiger partial charge in [0, 0.05) is 6.04 Å². The normalized spacial score (nSPS) is 46.0. The molecule has 2 N–H and O–H groups in total. The van der Waals surface area contributed by atoms with E-state index < -0.39 is 5.97 Å². The Labute approximate surface area is 79.5 Å². The predicted molar refractivity (Wildman–Crippen MR) is 51.5 cm³/mol. The molecule has 1 heterocycles. The highest BCUT2D eigenvalue weighted by Crippen LogP contribution is 2.30. The van der Waals surface area contributed by atoms with Crippen LogP contribution in [0, 0.1) is 17.8 Å². The molecule has 1 saturated heterocycles. The Morgan fingerprint density at radius 1 is 1.08 bits per heavy atom. The molecule has 1 aliphatic rings. The smallest absolute Gasteiger partial charge is 0.320 e. The number of carboxylic acids is 1. The van der Waals surface area contributed by atoms with Crippen LogP contribution in [-0.4, -0.2) is 23.2 Å². The Hall–Kier alpha value is -0.570. The van der Waals surface area contributed by atoms with Gasteiger partial charge in [0.05, 0.1) is 0 Å². The zero-order valence-electron chi connectivity index (χ0n) is 8.74. The molecule has 1 aliphatic heterocycles. The molecule has 1 rings (SSSR count). The Morgan fingerprint density at radius 3 is 2.08 bits per heavy atom. The molecule has 5 unspecified atom stereocenters. The zero-order valence-corrected chi connectivity index (χ0v) is 8.74. The highest BCUT2D eigenvalue weighted by molar-refractivity contribution is 5.74. The molecule has 0 aromatic heterocycles. The van der Waals surface area contributed by atoms with Gasteiger partial charge in [0.15, 0.2) is 0 Å². The molecule has 0 amide bonds. The molecule has 0 aliphatic carbocycles. The van der Waals surface area contributed by atoms with Gasteiger partial charge in [0.1, 0.15) is 6.04 Å². The SMILES string of the molecule is CC1NC(C(=O)O)C(C)C(C)C1C. The van der Waals surface area contributed by atoms with E-state index in [0.717, 1.165) is 0 Å². The molecule has 0 radical (unpaired) electrons. The fourth-order valence-electron chi connectivity index (χ4n) is 2.12. The first-order valence-electron chi connectivity index (χ1n) is 4.94. The summed E-state index contributed by atoms with van der Waals surface area (Å²) in [5.41, 5.74) is 0. The molecule has 1 fully saturated rings. The van der Waals surface area contributed by atoms with Crippen LogP contribution in [0.4, 0.5) is 0 Å². The lowest BCUT2D eigenvalue weighted by Gasteiger charge is -2.41. The number of aliphatic carboxylic acids is 1. The largest absolute Gasteiger partial charge is 0.480 e. The van der Waals surface area contributed by atoms with Gasteiger partial charge in [0.2, 0.25) is 0 Å². The Kier molecular flexibility index (Phi) is 2.96. The molecule has 5 atom stereocenters. The van der Waals surface area contributed by atoms with Gasteiger partial charge >= 0.3 is 5.97 Å². The Morgan fingerprint density at radius 2 is 1.62 bits per heavy atom. The Bertz CT molecular complexity index is 205. The van der Waals surface area contributed by atoms with Crippen LogP contribution in [0.2, 0.25) is 0 Å². The lowest BCUT2D eigenvalue weighted by Crippen LogP contribution is -2.56. The van der Waals surface area contributed by atoms with E-state index in [1.54, 1.807) is 0 Å². The van der Waals surface area contributed by atoms with Gasteiger partial charge in [-0.15, -0.1) is 0 Å². The maximum Gasteiger partial charge on any atom is 0.320 e. The van der Waals surface area contributed by atoms with Crippen LogP contribution in [0.1, 0.15) is 27.7 Å². The van der Waals surface area contributed by atoms with Crippen LogP contribution in [0.25, 0.3) is 0 Å². The summed E-state index contributed by atoms with van der Waals surface area (Å²) < 4.78 is 0. The lowest BCUT2D eigenvalue weighted by atomic mass is 9.74. The summed E-state index contributed by atoms with van der Waals surface area (Å²) in [6, 6.07) is -0.0755. The van der Waals surface area contributed by atoms with Crippen molar-refractivity contribution in [1.29, 1.82) is 0 Å². The standard InChI is InChI=1S/C10H19NO2/c1-5-6(2)8(4)11-9(7(5)3)10(12)13/h5-9,11H,1-4H3,(H,12,13). The van der Waals surface area contributed by atoms with E-state index in [1.165, 1.54) is 0 Å². The summed E-state index contributed by atoms with van der Waals surface area (Å²) >= 11 is 0. The molecule has 13 heavy (non-hydrogen) atoms. The van der Waals surface area contributed by atoms with Crippen LogP contribution in [-0.2, 0) is 4.79 Å². The zero-order chi connectivity index (χ0) is 10.2. The third-order valence-corrected chi connectivity index (χ3v) is 3.68. The van der Waals surface area contributed by atoms with Gasteiger partial charge in [-0.3, -0.25) is 4.79 Å². The van der Waals surface area contributed by atoms with Gasteiger partial charge in [-0.05, 0) is 24.7 Å². The van der Waals surface area contributed by atoms with Gasteiger partial charge in [0.25, 0.3) is 0 Å². The average Bonchev–Trinajstić information content (AvgIpc) is 2.07. The van der Waals surface area contributed by atoms with E-state index >= 15 is 0 Å². The fraction of sp³-hybridized carbons (Fsp3) is 0.900. The van der Waals surface area contributed by atoms with Crippen molar-refractivity contribution in [3.8, 4) is 0 Å². The summed E-state index contributed by atoms with van der Waals surface area (Å²) in [5, 5.41) is 12.1. The van der Waals surface area contributed by atoms with Crippen LogP contribution in [0.3, 0.4) is 0 Å². The number of hydrogen-bond donors (Lipinski definition) is 2. The number of carboxylic acid groups (broad SMARTS) is 1. The molecule has 0 spiro atoms. The highest BCUT2D eigenvalue weighted by atomic mass is 16.4. The summed E-state index contributed by atoms with van der Waals surface area (Å²) in [5.74, 6) is 0.504. The van der Waals surface area contributed by atoms with E-state index in [-0.39, 0.29) is 12.0 Å². The van der Waals surface area contributed by atoms with E-state index in [2.05, 4.69) is 26.1 Å². The molecular formula is C10H19NO2. The van der Waals surface area contributed by atoms with Gasteiger partial charge in [-0.2, -0.15) is 0 Å². The quantitative estimate of drug-likeness (QED) is 0.648. The maximum absolute atomic E-state index is 10.9. The van der Waals surface area contributed by atoms with Gasteiger partial charge < -0.3 is 10.4 Å². The molecular weight excluding hydrogens is 166 g/mol. The molecule has 76 valence electrons. The molecule has 0 aromatic carbocycles. The first-order valence-corrected chi connectivity index (χ1v) is 4.94. The van der Waals surface area contributed by atoms with Crippen molar-refractivity contribution in [3.63, 3.8) is 0 Å². The monoisotopic (exact) mass is 185 g/mol. The van der Waals surface area contributed by atoms with Crippen LogP contribution >= 0.6 is 0 Å². The molecule has 0 bridgehead atoms. The first-order chi connectivity index (χ1) is 5.95. The summed E-state index contributed by atoms with van der Waals surface area (Å²) in [6.07, 6.45) is 0. The number of piperidine rings is 1. The number of hydrogen-bond acceptors (Lipinski definition) is 2. The number of rotatable bonds is 1. The van der Waals surface area contributed by atoms with Crippen molar-refractivity contribution < 1.29 is 9.90 Å². The molecule has 3 heteroatoms. The van der Waals surface area contributed by atoms with Crippen molar-refractivity contribution in [2.45, 2.75) is 39.8 Å². The second-order valence-electron chi connectivity index (χ2n) is 4.35. The van der Waals surface area contributed by atoms with Crippen LogP contribution in [0.5, 0.6) is 0 Å². The second-order valence-corrected chi connectivity index (χ2v) is 4.35. The van der Waals surface area contributed by atoms with Crippen LogP contribution < -0.4 is 5.32 Å². The van der Waals surface area contributed by atoms with Crippen molar-refractivity contribution in [3.05, 3.63) is 0 Å². The van der Waals surface area contributed by atoms with Gasteiger partial charge in [-0.25, -0.2) is 0 Å². The van der Waals surface area contributed by atoms with E-state index in [4.69, 9.17) is 5.11 Å². The average molecular weight is 185 g/mol. The third kappa shape index (κ3) is 1.85. The third-order valence-electron chi connectivity index (χ3n) is 3.68. The minimum atomic E-state index is -0.724. The van der Waals surface area contributed by atoms with E-state index in [9.17, 15) is 4.79 Å². The van der Waals surface area contributed by atoms with Crippen molar-refractivity contribution in [1.82, 2.24) is 5.32 Å². The highest BCUT2D eigenvalue weighted by Gasteiger charge is 2.38. The topological polar surface area (TPSA) is 49.3 Å². The Balaban J connectivity index is 2.76. The minimum Gasteiger partial charge on any atom is -0.480 e. The van der Waals surface area contributed by atoms with Gasteiger partial charge in [-0.1, -0.05) is 20.8 Å². The second kappa shape index (κ2) is 3.66. The minimum absolute atomic E-state index is 0.212. The summed E-state index contributed by atoms with van der Waals surface area (Å²) in [6.45, 7) is 8.39. The number of nitrogens with one attached hydrogen (secondary N) is 1. The molecule has 0 aromatic rings. The molecule has 0 saturated carbocycles.